The Bertz CT molecular complexity index is 1590. The van der Waals surface area contributed by atoms with Crippen LogP contribution in [0.5, 0.6) is 0 Å². The van der Waals surface area contributed by atoms with Crippen LogP contribution in [-0.2, 0) is 0 Å². The highest BCUT2D eigenvalue weighted by Gasteiger charge is 2.17. The van der Waals surface area contributed by atoms with E-state index in [1.807, 2.05) is 31.2 Å². The van der Waals surface area contributed by atoms with Gasteiger partial charge in [0.25, 0.3) is 5.91 Å². The van der Waals surface area contributed by atoms with Gasteiger partial charge in [-0.15, -0.1) is 10.2 Å². The van der Waals surface area contributed by atoms with Crippen molar-refractivity contribution >= 4 is 51.5 Å². The van der Waals surface area contributed by atoms with Crippen LogP contribution >= 0.6 is 23.2 Å². The van der Waals surface area contributed by atoms with Crippen LogP contribution in [0.3, 0.4) is 0 Å². The van der Waals surface area contributed by atoms with E-state index in [1.54, 1.807) is 35.1 Å². The Morgan fingerprint density at radius 1 is 0.973 bits per heavy atom. The van der Waals surface area contributed by atoms with Crippen molar-refractivity contribution in [2.45, 2.75) is 20.8 Å². The zero-order chi connectivity index (χ0) is 26.1. The number of nitrogens with one attached hydrogen (secondary N) is 1. The highest BCUT2D eigenvalue weighted by atomic mass is 35.5. The first-order valence-electron chi connectivity index (χ1n) is 12.0. The Kier molecular flexibility index (Phi) is 6.91. The van der Waals surface area contributed by atoms with E-state index in [2.05, 4.69) is 46.4 Å². The minimum absolute atomic E-state index is 0.155. The summed E-state index contributed by atoms with van der Waals surface area (Å²) in [5, 5.41) is 13.0. The molecule has 0 unspecified atom stereocenters. The van der Waals surface area contributed by atoms with Crippen molar-refractivity contribution in [2.24, 2.45) is 0 Å². The third-order valence-electron chi connectivity index (χ3n) is 6.23. The normalized spacial score (nSPS) is 11.2. The molecule has 0 fully saturated rings. The maximum absolute atomic E-state index is 13.0. The molecule has 1 amide bonds. The minimum atomic E-state index is -0.383. The van der Waals surface area contributed by atoms with Gasteiger partial charge >= 0.3 is 0 Å². The summed E-state index contributed by atoms with van der Waals surface area (Å²) in [6, 6.07) is 20.4. The van der Waals surface area contributed by atoms with Crippen molar-refractivity contribution in [1.82, 2.24) is 15.0 Å². The number of furan rings is 1. The molecule has 0 saturated carbocycles. The smallest absolute Gasteiger partial charge is 0.291 e. The third-order valence-corrected chi connectivity index (χ3v) is 7.05. The maximum atomic E-state index is 13.0. The van der Waals surface area contributed by atoms with Crippen molar-refractivity contribution in [3.8, 4) is 17.0 Å². The van der Waals surface area contributed by atoms with E-state index < -0.39 is 0 Å². The molecule has 2 heterocycles. The zero-order valence-corrected chi connectivity index (χ0v) is 22.1. The fraction of sp³-hybridized carbons (Fsp3) is 0.179. The number of carbonyl (C=O) groups is 1. The van der Waals surface area contributed by atoms with Crippen LogP contribution in [0.2, 0.25) is 10.0 Å². The van der Waals surface area contributed by atoms with E-state index in [1.165, 1.54) is 0 Å². The Morgan fingerprint density at radius 2 is 1.68 bits per heavy atom. The van der Waals surface area contributed by atoms with Gasteiger partial charge in [0.2, 0.25) is 0 Å². The zero-order valence-electron chi connectivity index (χ0n) is 20.6. The number of nitrogens with zero attached hydrogens (tertiary/aromatic N) is 4. The lowest BCUT2D eigenvalue weighted by Crippen LogP contribution is -2.21. The Hall–Kier alpha value is -3.81. The Labute approximate surface area is 224 Å². The largest absolute Gasteiger partial charge is 0.451 e. The van der Waals surface area contributed by atoms with Gasteiger partial charge in [-0.1, -0.05) is 29.3 Å². The molecule has 5 aromatic rings. The number of hydrogen-bond donors (Lipinski definition) is 1. The average molecular weight is 534 g/mol. The molecular weight excluding hydrogens is 509 g/mol. The topological polar surface area (TPSA) is 76.2 Å². The van der Waals surface area contributed by atoms with Crippen LogP contribution in [0.15, 0.2) is 71.1 Å². The monoisotopic (exact) mass is 533 g/mol. The summed E-state index contributed by atoms with van der Waals surface area (Å²) in [4.78, 5) is 16.8. The number of aromatic nitrogens is 3. The predicted molar refractivity (Wildman–Crippen MR) is 149 cm³/mol. The minimum Gasteiger partial charge on any atom is -0.451 e. The summed E-state index contributed by atoms with van der Waals surface area (Å²) in [6.07, 6.45) is 0. The highest BCUT2D eigenvalue weighted by molar-refractivity contribution is 6.43. The molecule has 0 aliphatic heterocycles. The Balaban J connectivity index is 1.37. The van der Waals surface area contributed by atoms with Gasteiger partial charge in [-0.2, -0.15) is 4.80 Å². The molecule has 0 radical (unpaired) electrons. The summed E-state index contributed by atoms with van der Waals surface area (Å²) in [6.45, 7) is 8.07. The van der Waals surface area contributed by atoms with Crippen LogP contribution in [0.25, 0.3) is 28.0 Å². The number of carbonyl (C=O) groups excluding carboxylic acids is 1. The molecule has 5 rings (SSSR count). The molecule has 9 heteroatoms. The van der Waals surface area contributed by atoms with Crippen LogP contribution in [-0.4, -0.2) is 34.0 Å². The van der Waals surface area contributed by atoms with Gasteiger partial charge in [-0.25, -0.2) is 0 Å². The van der Waals surface area contributed by atoms with Crippen LogP contribution in [0.4, 0.5) is 11.4 Å². The van der Waals surface area contributed by atoms with Crippen molar-refractivity contribution < 1.29 is 9.21 Å². The number of aryl methyl sites for hydroxylation is 1. The number of amides is 1. The van der Waals surface area contributed by atoms with Gasteiger partial charge in [0, 0.05) is 30.0 Å². The fourth-order valence-electron chi connectivity index (χ4n) is 4.19. The van der Waals surface area contributed by atoms with Gasteiger partial charge in [0.15, 0.2) is 5.76 Å². The second-order valence-corrected chi connectivity index (χ2v) is 9.34. The third kappa shape index (κ3) is 4.92. The number of fused-ring (bicyclic) bond motifs is 1. The van der Waals surface area contributed by atoms with Gasteiger partial charge in [-0.3, -0.25) is 4.79 Å². The second-order valence-electron chi connectivity index (χ2n) is 8.55. The first kappa shape index (κ1) is 24.9. The van der Waals surface area contributed by atoms with Gasteiger partial charge < -0.3 is 14.6 Å². The number of anilines is 2. The summed E-state index contributed by atoms with van der Waals surface area (Å²) >= 11 is 12.4. The lowest BCUT2D eigenvalue weighted by atomic mass is 10.1. The van der Waals surface area contributed by atoms with Gasteiger partial charge in [0.1, 0.15) is 16.8 Å². The van der Waals surface area contributed by atoms with Gasteiger partial charge in [0.05, 0.1) is 15.7 Å². The van der Waals surface area contributed by atoms with Crippen LogP contribution in [0, 0.1) is 6.92 Å². The molecule has 0 atom stereocenters. The fourth-order valence-corrected chi connectivity index (χ4v) is 4.58. The van der Waals surface area contributed by atoms with Crippen molar-refractivity contribution in [1.29, 1.82) is 0 Å². The summed E-state index contributed by atoms with van der Waals surface area (Å²) in [5.41, 5.74) is 5.52. The van der Waals surface area contributed by atoms with Crippen LogP contribution < -0.4 is 10.2 Å². The van der Waals surface area contributed by atoms with E-state index in [4.69, 9.17) is 27.6 Å². The first-order valence-corrected chi connectivity index (χ1v) is 12.7. The number of halogens is 2. The van der Waals surface area contributed by atoms with Crippen LogP contribution in [0.1, 0.15) is 30.0 Å². The van der Waals surface area contributed by atoms with Crippen molar-refractivity contribution in [3.05, 3.63) is 88.1 Å². The van der Waals surface area contributed by atoms with E-state index >= 15 is 0 Å². The quantitative estimate of drug-likeness (QED) is 0.236. The highest BCUT2D eigenvalue weighted by Crippen LogP contribution is 2.34. The molecular formula is C28H25Cl2N5O2. The van der Waals surface area contributed by atoms with E-state index in [0.29, 0.717) is 32.6 Å². The molecule has 188 valence electrons. The number of benzene rings is 3. The molecule has 0 saturated heterocycles. The lowest BCUT2D eigenvalue weighted by Gasteiger charge is -2.20. The van der Waals surface area contributed by atoms with Crippen molar-refractivity contribution in [3.63, 3.8) is 0 Å². The average Bonchev–Trinajstić information content (AvgIpc) is 3.55. The van der Waals surface area contributed by atoms with Gasteiger partial charge in [-0.05, 0) is 87.0 Å². The maximum Gasteiger partial charge on any atom is 0.291 e. The predicted octanol–water partition coefficient (Wildman–Crippen LogP) is 7.39. The molecule has 2 aromatic heterocycles. The molecule has 0 bridgehead atoms. The summed E-state index contributed by atoms with van der Waals surface area (Å²) in [5.74, 6) is 0.230. The van der Waals surface area contributed by atoms with E-state index in [0.717, 1.165) is 35.5 Å². The molecule has 0 aliphatic carbocycles. The molecule has 3 aromatic carbocycles. The SMILES string of the molecule is CCN(CC)c1ccc(-n2nc3cc(C)c(NC(=O)c4ccc(-c5cccc(Cl)c5Cl)o4)cc3n2)cc1. The molecule has 1 N–H and O–H groups in total. The lowest BCUT2D eigenvalue weighted by molar-refractivity contribution is 0.0997. The molecule has 0 aliphatic rings. The molecule has 0 spiro atoms. The molecule has 7 nitrogen and oxygen atoms in total. The summed E-state index contributed by atoms with van der Waals surface area (Å²) in [7, 11) is 0. The molecule has 37 heavy (non-hydrogen) atoms. The van der Waals surface area contributed by atoms with Crippen molar-refractivity contribution in [2.75, 3.05) is 23.3 Å². The Morgan fingerprint density at radius 3 is 2.38 bits per heavy atom. The standard InChI is InChI=1S/C28H25Cl2N5O2/c1-4-34(5-2)18-9-11-19(12-10-18)35-32-23-15-17(3)22(16-24(23)33-35)31-28(36)26-14-13-25(37-26)20-7-6-8-21(29)27(20)30/h6-16H,4-5H2,1-3H3,(H,31,36). The number of hydrogen-bond acceptors (Lipinski definition) is 5. The first-order chi connectivity index (χ1) is 17.9. The van der Waals surface area contributed by atoms with E-state index in [-0.39, 0.29) is 11.7 Å². The van der Waals surface area contributed by atoms with E-state index in [9.17, 15) is 4.79 Å². The second kappa shape index (κ2) is 10.3. The summed E-state index contributed by atoms with van der Waals surface area (Å²) < 4.78 is 5.78. The number of rotatable bonds is 7.